The number of hydrogen-bond acceptors (Lipinski definition) is 4. The number of phosphoric acid groups is 1. The van der Waals surface area contributed by atoms with Crippen LogP contribution >= 0.6 is 7.82 Å². The first-order valence-corrected chi connectivity index (χ1v) is 4.34. The smallest absolute Gasteiger partial charge is 0.367 e. The molecule has 1 unspecified atom stereocenters. The van der Waals surface area contributed by atoms with Gasteiger partial charge in [0.2, 0.25) is 0 Å². The Labute approximate surface area is 64.2 Å². The number of carbonyl (C=O) groups excluding carboxylic acids is 1. The van der Waals surface area contributed by atoms with Crippen LogP contribution in [0.1, 0.15) is 6.92 Å². The van der Waals surface area contributed by atoms with Crippen LogP contribution in [0.4, 0.5) is 0 Å². The third-order valence-corrected chi connectivity index (χ3v) is 1.66. The second-order valence-electron chi connectivity index (χ2n) is 1.50. The average Bonchev–Trinajstić information content (AvgIpc) is 1.86. The van der Waals surface area contributed by atoms with Gasteiger partial charge in [-0.1, -0.05) is 6.58 Å². The lowest BCUT2D eigenvalue weighted by molar-refractivity contribution is -0.130. The SMILES string of the molecule is C=CC(=O)OP(=O)(O)OCC. The largest absolute Gasteiger partial charge is 0.529 e. The molecular formula is C5H9O5P. The molecule has 64 valence electrons. The Kier molecular flexibility index (Phi) is 4.03. The van der Waals surface area contributed by atoms with E-state index in [1.54, 1.807) is 0 Å². The van der Waals surface area contributed by atoms with Gasteiger partial charge < -0.3 is 4.52 Å². The molecule has 0 fully saturated rings. The van der Waals surface area contributed by atoms with Crippen molar-refractivity contribution in [3.8, 4) is 0 Å². The van der Waals surface area contributed by atoms with Crippen molar-refractivity contribution in [1.82, 2.24) is 0 Å². The molecule has 0 aromatic heterocycles. The summed E-state index contributed by atoms with van der Waals surface area (Å²) in [7, 11) is -4.19. The van der Waals surface area contributed by atoms with E-state index in [1.165, 1.54) is 6.92 Å². The van der Waals surface area contributed by atoms with Crippen molar-refractivity contribution in [2.75, 3.05) is 6.61 Å². The van der Waals surface area contributed by atoms with Gasteiger partial charge in [-0.3, -0.25) is 9.42 Å². The second kappa shape index (κ2) is 4.28. The van der Waals surface area contributed by atoms with Gasteiger partial charge in [-0.2, -0.15) is 0 Å². The van der Waals surface area contributed by atoms with Crippen molar-refractivity contribution in [3.05, 3.63) is 12.7 Å². The summed E-state index contributed by atoms with van der Waals surface area (Å²) in [5, 5.41) is 0. The summed E-state index contributed by atoms with van der Waals surface area (Å²) in [6, 6.07) is 0. The lowest BCUT2D eigenvalue weighted by Gasteiger charge is -2.07. The molecule has 1 atom stereocenters. The predicted molar refractivity (Wildman–Crippen MR) is 37.7 cm³/mol. The van der Waals surface area contributed by atoms with Crippen LogP contribution in [0.3, 0.4) is 0 Å². The lowest BCUT2D eigenvalue weighted by atomic mass is 10.7. The Balaban J connectivity index is 4.01. The molecular weight excluding hydrogens is 171 g/mol. The summed E-state index contributed by atoms with van der Waals surface area (Å²) in [6.45, 7) is 4.55. The maximum absolute atomic E-state index is 10.6. The van der Waals surface area contributed by atoms with Gasteiger partial charge in [-0.15, -0.1) is 0 Å². The normalized spacial score (nSPS) is 15.1. The van der Waals surface area contributed by atoms with Gasteiger partial charge in [-0.25, -0.2) is 9.36 Å². The summed E-state index contributed by atoms with van der Waals surface area (Å²) < 4.78 is 18.8. The molecule has 0 aromatic rings. The highest BCUT2D eigenvalue weighted by Crippen LogP contribution is 2.42. The Hall–Kier alpha value is -0.640. The van der Waals surface area contributed by atoms with Crippen LogP contribution in [0.25, 0.3) is 0 Å². The number of rotatable bonds is 4. The minimum atomic E-state index is -4.19. The van der Waals surface area contributed by atoms with E-state index in [0.29, 0.717) is 0 Å². The maximum Gasteiger partial charge on any atom is 0.529 e. The van der Waals surface area contributed by atoms with E-state index in [1.807, 2.05) is 0 Å². The highest BCUT2D eigenvalue weighted by molar-refractivity contribution is 7.48. The Morgan fingerprint density at radius 3 is 2.73 bits per heavy atom. The van der Waals surface area contributed by atoms with Crippen molar-refractivity contribution in [3.63, 3.8) is 0 Å². The molecule has 1 N–H and O–H groups in total. The van der Waals surface area contributed by atoms with E-state index in [-0.39, 0.29) is 6.61 Å². The summed E-state index contributed by atoms with van der Waals surface area (Å²) in [5.74, 6) is -0.982. The number of carbonyl (C=O) groups is 1. The van der Waals surface area contributed by atoms with Crippen LogP contribution < -0.4 is 0 Å². The first-order chi connectivity index (χ1) is 5.02. The predicted octanol–water partition coefficient (Wildman–Crippen LogP) is 0.852. The topological polar surface area (TPSA) is 72.8 Å². The quantitative estimate of drug-likeness (QED) is 0.512. The minimum Gasteiger partial charge on any atom is -0.367 e. The highest BCUT2D eigenvalue weighted by Gasteiger charge is 2.23. The molecule has 0 rings (SSSR count). The minimum absolute atomic E-state index is 0.00179. The molecule has 11 heavy (non-hydrogen) atoms. The molecule has 0 aliphatic carbocycles. The first-order valence-electron chi connectivity index (χ1n) is 2.85. The third kappa shape index (κ3) is 4.72. The molecule has 6 heteroatoms. The van der Waals surface area contributed by atoms with Gasteiger partial charge >= 0.3 is 13.8 Å². The number of hydrogen-bond donors (Lipinski definition) is 1. The standard InChI is InChI=1S/C5H9O5P/c1-3-5(6)10-11(7,8)9-4-2/h3H,1,4H2,2H3,(H,7,8). The Bertz CT molecular complexity index is 199. The molecule has 0 aromatic carbocycles. The molecule has 0 aliphatic rings. The highest BCUT2D eigenvalue weighted by atomic mass is 31.2. The molecule has 0 bridgehead atoms. The number of phosphoric ester groups is 1. The fourth-order valence-corrected chi connectivity index (χ4v) is 1.02. The molecule has 0 aliphatic heterocycles. The van der Waals surface area contributed by atoms with Crippen molar-refractivity contribution >= 4 is 13.8 Å². The van der Waals surface area contributed by atoms with E-state index in [9.17, 15) is 9.36 Å². The lowest BCUT2D eigenvalue weighted by Crippen LogP contribution is -2.00. The van der Waals surface area contributed by atoms with Gasteiger partial charge in [0.1, 0.15) is 0 Å². The molecule has 0 spiro atoms. The molecule has 0 saturated heterocycles. The van der Waals surface area contributed by atoms with Crippen LogP contribution in [0.15, 0.2) is 12.7 Å². The summed E-state index contributed by atoms with van der Waals surface area (Å²) >= 11 is 0. The van der Waals surface area contributed by atoms with E-state index in [0.717, 1.165) is 6.08 Å². The van der Waals surface area contributed by atoms with Crippen molar-refractivity contribution < 1.29 is 23.3 Å². The van der Waals surface area contributed by atoms with Crippen LogP contribution in [-0.2, 0) is 18.4 Å². The maximum atomic E-state index is 10.6. The van der Waals surface area contributed by atoms with E-state index in [2.05, 4.69) is 15.6 Å². The summed E-state index contributed by atoms with van der Waals surface area (Å²) in [6.07, 6.45) is 0.780. The van der Waals surface area contributed by atoms with E-state index >= 15 is 0 Å². The summed E-state index contributed by atoms with van der Waals surface area (Å²) in [5.41, 5.74) is 0. The van der Waals surface area contributed by atoms with Gasteiger partial charge in [0, 0.05) is 6.08 Å². The van der Waals surface area contributed by atoms with E-state index < -0.39 is 13.8 Å². The zero-order valence-electron chi connectivity index (χ0n) is 6.02. The van der Waals surface area contributed by atoms with E-state index in [4.69, 9.17) is 4.89 Å². The van der Waals surface area contributed by atoms with Gasteiger partial charge in [0.25, 0.3) is 0 Å². The fraction of sp³-hybridized carbons (Fsp3) is 0.400. The van der Waals surface area contributed by atoms with Crippen molar-refractivity contribution in [2.45, 2.75) is 6.92 Å². The first kappa shape index (κ1) is 10.4. The second-order valence-corrected chi connectivity index (χ2v) is 2.88. The molecule has 0 radical (unpaired) electrons. The zero-order chi connectivity index (χ0) is 8.91. The van der Waals surface area contributed by atoms with Gasteiger partial charge in [-0.05, 0) is 6.92 Å². The third-order valence-electron chi connectivity index (χ3n) is 0.664. The fourth-order valence-electron chi connectivity index (χ4n) is 0.340. The van der Waals surface area contributed by atoms with Gasteiger partial charge in [0.15, 0.2) is 0 Å². The van der Waals surface area contributed by atoms with Gasteiger partial charge in [0.05, 0.1) is 6.61 Å². The van der Waals surface area contributed by atoms with Crippen LogP contribution in [0.2, 0.25) is 0 Å². The Morgan fingerprint density at radius 2 is 2.36 bits per heavy atom. The zero-order valence-corrected chi connectivity index (χ0v) is 6.91. The van der Waals surface area contributed by atoms with Crippen molar-refractivity contribution in [2.24, 2.45) is 0 Å². The average molecular weight is 180 g/mol. The van der Waals surface area contributed by atoms with Crippen molar-refractivity contribution in [1.29, 1.82) is 0 Å². The molecule has 0 amide bonds. The van der Waals surface area contributed by atoms with Crippen LogP contribution in [-0.4, -0.2) is 17.5 Å². The van der Waals surface area contributed by atoms with Crippen LogP contribution in [0.5, 0.6) is 0 Å². The molecule has 0 heterocycles. The molecule has 5 nitrogen and oxygen atoms in total. The Morgan fingerprint density at radius 1 is 1.82 bits per heavy atom. The summed E-state index contributed by atoms with van der Waals surface area (Å²) in [4.78, 5) is 19.0. The monoisotopic (exact) mass is 180 g/mol. The van der Waals surface area contributed by atoms with Crippen LogP contribution in [0, 0.1) is 0 Å². The molecule has 0 saturated carbocycles.